The number of thioether (sulfide) groups is 1. The smallest absolute Gasteiger partial charge is 0.192 e. The van der Waals surface area contributed by atoms with Gasteiger partial charge in [0.2, 0.25) is 5.16 Å². The van der Waals surface area contributed by atoms with Gasteiger partial charge in [0.1, 0.15) is 0 Å². The lowest BCUT2D eigenvalue weighted by Crippen LogP contribution is -1.96. The van der Waals surface area contributed by atoms with Gasteiger partial charge >= 0.3 is 0 Å². The Bertz CT molecular complexity index is 862. The topological polar surface area (TPSA) is 43.1 Å². The zero-order valence-corrected chi connectivity index (χ0v) is 15.2. The number of aryl methyl sites for hydroxylation is 1. The number of hydrogen-bond donors (Lipinski definition) is 0. The summed E-state index contributed by atoms with van der Waals surface area (Å²) < 4.78 is 1.72. The van der Waals surface area contributed by atoms with Gasteiger partial charge in [-0.15, -0.1) is 10.2 Å². The minimum atomic E-state index is 0.500. The molecular formula is C17H14Cl2N4S. The van der Waals surface area contributed by atoms with Gasteiger partial charge < -0.3 is 0 Å². The summed E-state index contributed by atoms with van der Waals surface area (Å²) in [6.45, 7) is 1.87. The predicted molar refractivity (Wildman–Crippen MR) is 100 cm³/mol. The van der Waals surface area contributed by atoms with E-state index < -0.39 is 0 Å². The van der Waals surface area contributed by atoms with Crippen LogP contribution in [0.4, 0.5) is 0 Å². The molecule has 2 aromatic carbocycles. The van der Waals surface area contributed by atoms with E-state index in [1.165, 1.54) is 5.56 Å². The third-order valence-electron chi connectivity index (χ3n) is 3.24. The molecule has 0 spiro atoms. The second kappa shape index (κ2) is 7.83. The van der Waals surface area contributed by atoms with Crippen LogP contribution in [0.1, 0.15) is 17.0 Å². The van der Waals surface area contributed by atoms with Crippen LogP contribution in [0.3, 0.4) is 0 Å². The molecule has 3 aromatic rings. The zero-order chi connectivity index (χ0) is 16.9. The molecule has 0 saturated heterocycles. The van der Waals surface area contributed by atoms with Crippen LogP contribution in [0.15, 0.2) is 58.8 Å². The Morgan fingerprint density at radius 2 is 1.88 bits per heavy atom. The van der Waals surface area contributed by atoms with Gasteiger partial charge in [0.05, 0.1) is 16.3 Å². The Kier molecular flexibility index (Phi) is 5.56. The Hall–Kier alpha value is -1.82. The number of rotatable bonds is 5. The van der Waals surface area contributed by atoms with Gasteiger partial charge in [-0.1, -0.05) is 71.4 Å². The first-order chi connectivity index (χ1) is 11.6. The lowest BCUT2D eigenvalue weighted by Gasteiger charge is -2.03. The van der Waals surface area contributed by atoms with Gasteiger partial charge in [-0.25, -0.2) is 0 Å². The quantitative estimate of drug-likeness (QED) is 0.461. The normalized spacial score (nSPS) is 11.3. The van der Waals surface area contributed by atoms with Crippen LogP contribution in [0.5, 0.6) is 0 Å². The van der Waals surface area contributed by atoms with Crippen molar-refractivity contribution >= 4 is 41.2 Å². The number of aromatic nitrogens is 3. The first kappa shape index (κ1) is 17.0. The average molecular weight is 377 g/mol. The second-order valence-corrected chi connectivity index (χ2v) is 6.79. The van der Waals surface area contributed by atoms with Crippen molar-refractivity contribution in [2.75, 3.05) is 0 Å². The molecule has 0 N–H and O–H groups in total. The summed E-state index contributed by atoms with van der Waals surface area (Å²) in [6.07, 6.45) is 1.71. The molecule has 1 heterocycles. The summed E-state index contributed by atoms with van der Waals surface area (Å²) in [5, 5.41) is 14.5. The lowest BCUT2D eigenvalue weighted by molar-refractivity contribution is 0.744. The summed E-state index contributed by atoms with van der Waals surface area (Å²) in [4.78, 5) is 0. The molecule has 0 saturated carbocycles. The molecule has 0 bridgehead atoms. The molecule has 1 aromatic heterocycles. The molecule has 122 valence electrons. The monoisotopic (exact) mass is 376 g/mol. The second-order valence-electron chi connectivity index (χ2n) is 5.03. The first-order valence-electron chi connectivity index (χ1n) is 7.21. The van der Waals surface area contributed by atoms with Crippen molar-refractivity contribution in [2.45, 2.75) is 17.8 Å². The summed E-state index contributed by atoms with van der Waals surface area (Å²) in [5.41, 5.74) is 2.08. The van der Waals surface area contributed by atoms with Gasteiger partial charge in [-0.3, -0.25) is 0 Å². The first-order valence-corrected chi connectivity index (χ1v) is 8.96. The maximum absolute atomic E-state index is 6.03. The molecule has 4 nitrogen and oxygen atoms in total. The Labute approximate surface area is 154 Å². The van der Waals surface area contributed by atoms with E-state index in [0.29, 0.717) is 10.0 Å². The van der Waals surface area contributed by atoms with Crippen molar-refractivity contribution in [2.24, 2.45) is 5.10 Å². The van der Waals surface area contributed by atoms with E-state index in [1.807, 2.05) is 31.2 Å². The van der Waals surface area contributed by atoms with Crippen LogP contribution >= 0.6 is 35.0 Å². The fraction of sp³-hybridized carbons (Fsp3) is 0.118. The highest BCUT2D eigenvalue weighted by Crippen LogP contribution is 2.23. The van der Waals surface area contributed by atoms with Crippen molar-refractivity contribution < 1.29 is 0 Å². The van der Waals surface area contributed by atoms with Crippen LogP contribution in [0.25, 0.3) is 0 Å². The maximum Gasteiger partial charge on any atom is 0.212 e. The van der Waals surface area contributed by atoms with Gasteiger partial charge in [0.25, 0.3) is 0 Å². The van der Waals surface area contributed by atoms with E-state index in [-0.39, 0.29) is 0 Å². The van der Waals surface area contributed by atoms with Gasteiger partial charge in [0, 0.05) is 5.75 Å². The molecule has 7 heteroatoms. The van der Waals surface area contributed by atoms with E-state index in [0.717, 1.165) is 22.3 Å². The summed E-state index contributed by atoms with van der Waals surface area (Å²) in [5.74, 6) is 1.53. The highest BCUT2D eigenvalue weighted by Gasteiger charge is 2.08. The van der Waals surface area contributed by atoms with Crippen LogP contribution < -0.4 is 0 Å². The average Bonchev–Trinajstić information content (AvgIpc) is 2.95. The largest absolute Gasteiger partial charge is 0.212 e. The number of hydrogen-bond acceptors (Lipinski definition) is 4. The van der Waals surface area contributed by atoms with Crippen molar-refractivity contribution in [3.63, 3.8) is 0 Å². The van der Waals surface area contributed by atoms with E-state index in [9.17, 15) is 0 Å². The molecule has 0 aliphatic rings. The molecular weight excluding hydrogens is 363 g/mol. The standard InChI is InChI=1S/C17H14Cl2N4S/c1-12-21-22-17(24-11-13-5-3-2-4-6-13)23(12)20-10-14-7-8-15(18)16(19)9-14/h2-10H,11H2,1H3/b20-10-. The molecule has 0 aliphatic carbocycles. The zero-order valence-electron chi connectivity index (χ0n) is 12.9. The van der Waals surface area contributed by atoms with Crippen molar-refractivity contribution in [1.29, 1.82) is 0 Å². The Morgan fingerprint density at radius 3 is 2.62 bits per heavy atom. The highest BCUT2D eigenvalue weighted by atomic mass is 35.5. The Balaban J connectivity index is 1.77. The van der Waals surface area contributed by atoms with E-state index >= 15 is 0 Å². The van der Waals surface area contributed by atoms with Crippen LogP contribution in [-0.2, 0) is 5.75 Å². The molecule has 0 unspecified atom stereocenters. The molecule has 0 fully saturated rings. The van der Waals surface area contributed by atoms with Crippen molar-refractivity contribution in [3.8, 4) is 0 Å². The molecule has 0 radical (unpaired) electrons. The summed E-state index contributed by atoms with van der Waals surface area (Å²) in [7, 11) is 0. The van der Waals surface area contributed by atoms with E-state index in [1.54, 1.807) is 34.8 Å². The van der Waals surface area contributed by atoms with Gasteiger partial charge in [-0.2, -0.15) is 9.78 Å². The van der Waals surface area contributed by atoms with Crippen LogP contribution in [-0.4, -0.2) is 21.1 Å². The summed E-state index contributed by atoms with van der Waals surface area (Å²) in [6, 6.07) is 15.6. The fourth-order valence-electron chi connectivity index (χ4n) is 2.00. The minimum Gasteiger partial charge on any atom is -0.192 e. The molecule has 3 rings (SSSR count). The molecule has 0 atom stereocenters. The predicted octanol–water partition coefficient (Wildman–Crippen LogP) is 5.07. The van der Waals surface area contributed by atoms with E-state index in [2.05, 4.69) is 27.4 Å². The lowest BCUT2D eigenvalue weighted by atomic mass is 10.2. The van der Waals surface area contributed by atoms with Gasteiger partial charge in [-0.05, 0) is 30.2 Å². The van der Waals surface area contributed by atoms with E-state index in [4.69, 9.17) is 23.2 Å². The molecule has 0 aliphatic heterocycles. The summed E-state index contributed by atoms with van der Waals surface area (Å²) >= 11 is 13.5. The number of halogens is 2. The highest BCUT2D eigenvalue weighted by molar-refractivity contribution is 7.98. The van der Waals surface area contributed by atoms with Gasteiger partial charge in [0.15, 0.2) is 5.82 Å². The minimum absolute atomic E-state index is 0.500. The van der Waals surface area contributed by atoms with Crippen molar-refractivity contribution in [1.82, 2.24) is 14.9 Å². The number of nitrogens with zero attached hydrogens (tertiary/aromatic N) is 4. The molecule has 24 heavy (non-hydrogen) atoms. The third kappa shape index (κ3) is 4.17. The number of benzene rings is 2. The fourth-order valence-corrected chi connectivity index (χ4v) is 3.20. The third-order valence-corrected chi connectivity index (χ3v) is 4.97. The maximum atomic E-state index is 6.03. The van der Waals surface area contributed by atoms with Crippen molar-refractivity contribution in [3.05, 3.63) is 75.5 Å². The molecule has 0 amide bonds. The Morgan fingerprint density at radius 1 is 1.08 bits per heavy atom. The SMILES string of the molecule is Cc1nnc(SCc2ccccc2)n1/N=C\c1ccc(Cl)c(Cl)c1. The van der Waals surface area contributed by atoms with Crippen LogP contribution in [0.2, 0.25) is 10.0 Å². The van der Waals surface area contributed by atoms with Crippen LogP contribution in [0, 0.1) is 6.92 Å².